The van der Waals surface area contributed by atoms with Crippen molar-refractivity contribution in [2.75, 3.05) is 13.7 Å². The van der Waals surface area contributed by atoms with Crippen LogP contribution in [0.4, 0.5) is 0 Å². The largest absolute Gasteiger partial charge is 0.496 e. The molecule has 1 aliphatic rings. The second kappa shape index (κ2) is 7.93. The topological polar surface area (TPSA) is 51.7 Å². The van der Waals surface area contributed by atoms with Gasteiger partial charge in [0.15, 0.2) is 0 Å². The van der Waals surface area contributed by atoms with E-state index in [0.29, 0.717) is 19.7 Å². The molecule has 1 atom stereocenters. The van der Waals surface area contributed by atoms with Gasteiger partial charge in [0.1, 0.15) is 11.9 Å². The summed E-state index contributed by atoms with van der Waals surface area (Å²) in [7, 11) is 1.65. The Labute approximate surface area is 142 Å². The predicted octanol–water partition coefficient (Wildman–Crippen LogP) is 2.80. The zero-order valence-electron chi connectivity index (χ0n) is 13.9. The zero-order valence-corrected chi connectivity index (χ0v) is 13.9. The van der Waals surface area contributed by atoms with Crippen LogP contribution >= 0.6 is 0 Å². The molecule has 2 heterocycles. The fourth-order valence-electron chi connectivity index (χ4n) is 2.94. The van der Waals surface area contributed by atoms with Crippen molar-refractivity contribution >= 4 is 5.91 Å². The molecule has 0 radical (unpaired) electrons. The highest BCUT2D eigenvalue weighted by Gasteiger charge is 2.28. The number of methoxy groups -OCH3 is 1. The average molecular weight is 326 g/mol. The van der Waals surface area contributed by atoms with E-state index < -0.39 is 0 Å². The van der Waals surface area contributed by atoms with E-state index in [1.807, 2.05) is 41.3 Å². The number of rotatable bonds is 6. The Morgan fingerprint density at radius 1 is 1.29 bits per heavy atom. The van der Waals surface area contributed by atoms with Gasteiger partial charge < -0.3 is 14.4 Å². The Hall–Kier alpha value is -2.40. The van der Waals surface area contributed by atoms with E-state index in [2.05, 4.69) is 4.98 Å². The van der Waals surface area contributed by atoms with Crippen molar-refractivity contribution in [1.29, 1.82) is 0 Å². The van der Waals surface area contributed by atoms with Gasteiger partial charge in [-0.25, -0.2) is 0 Å². The molecule has 1 aromatic carbocycles. The zero-order chi connectivity index (χ0) is 16.8. The van der Waals surface area contributed by atoms with E-state index in [9.17, 15) is 4.79 Å². The molecule has 3 rings (SSSR count). The first-order valence-corrected chi connectivity index (χ1v) is 8.19. The molecule has 0 aliphatic carbocycles. The highest BCUT2D eigenvalue weighted by Crippen LogP contribution is 2.23. The molecule has 1 amide bonds. The fraction of sp³-hybridized carbons (Fsp3) is 0.368. The summed E-state index contributed by atoms with van der Waals surface area (Å²) in [5.74, 6) is 0.816. The van der Waals surface area contributed by atoms with Gasteiger partial charge in [0, 0.05) is 37.7 Å². The van der Waals surface area contributed by atoms with Gasteiger partial charge in [-0.2, -0.15) is 0 Å². The number of carbonyl (C=O) groups excluding carboxylic acids is 1. The fourth-order valence-corrected chi connectivity index (χ4v) is 2.94. The molecule has 1 fully saturated rings. The number of para-hydroxylation sites is 1. The van der Waals surface area contributed by atoms with Gasteiger partial charge in [-0.05, 0) is 30.5 Å². The minimum atomic E-state index is -0.337. The molecular formula is C19H22N2O3. The summed E-state index contributed by atoms with van der Waals surface area (Å²) in [6.07, 6.45) is 4.91. The Bertz CT molecular complexity index is 669. The SMILES string of the molecule is COc1ccccc1CN(Cc1cccnc1)C(=O)[C@@H]1CCCO1. The quantitative estimate of drug-likeness (QED) is 0.819. The number of amides is 1. The molecule has 5 nitrogen and oxygen atoms in total. The van der Waals surface area contributed by atoms with Crippen molar-refractivity contribution < 1.29 is 14.3 Å². The lowest BCUT2D eigenvalue weighted by Crippen LogP contribution is -2.38. The van der Waals surface area contributed by atoms with E-state index in [0.717, 1.165) is 29.7 Å². The number of ether oxygens (including phenoxy) is 2. The first-order chi connectivity index (χ1) is 11.8. The monoisotopic (exact) mass is 326 g/mol. The summed E-state index contributed by atoms with van der Waals surface area (Å²) >= 11 is 0. The van der Waals surface area contributed by atoms with Gasteiger partial charge in [0.25, 0.3) is 5.91 Å². The normalized spacial score (nSPS) is 16.8. The van der Waals surface area contributed by atoms with Crippen LogP contribution in [0.2, 0.25) is 0 Å². The van der Waals surface area contributed by atoms with Crippen LogP contribution in [-0.4, -0.2) is 35.6 Å². The minimum Gasteiger partial charge on any atom is -0.496 e. The minimum absolute atomic E-state index is 0.0299. The predicted molar refractivity (Wildman–Crippen MR) is 90.5 cm³/mol. The number of carbonyl (C=O) groups is 1. The van der Waals surface area contributed by atoms with Crippen LogP contribution in [0.3, 0.4) is 0 Å². The molecule has 1 aliphatic heterocycles. The van der Waals surface area contributed by atoms with Crippen molar-refractivity contribution in [1.82, 2.24) is 9.88 Å². The lowest BCUT2D eigenvalue weighted by Gasteiger charge is -2.26. The van der Waals surface area contributed by atoms with Crippen molar-refractivity contribution in [2.24, 2.45) is 0 Å². The molecule has 0 bridgehead atoms. The summed E-state index contributed by atoms with van der Waals surface area (Å²) in [6, 6.07) is 11.6. The van der Waals surface area contributed by atoms with Crippen LogP contribution in [0.5, 0.6) is 5.75 Å². The van der Waals surface area contributed by atoms with Gasteiger partial charge in [-0.3, -0.25) is 9.78 Å². The van der Waals surface area contributed by atoms with Crippen LogP contribution in [0, 0.1) is 0 Å². The van der Waals surface area contributed by atoms with Gasteiger partial charge >= 0.3 is 0 Å². The third-order valence-electron chi connectivity index (χ3n) is 4.17. The highest BCUT2D eigenvalue weighted by atomic mass is 16.5. The van der Waals surface area contributed by atoms with Crippen molar-refractivity contribution in [3.05, 3.63) is 59.9 Å². The summed E-state index contributed by atoms with van der Waals surface area (Å²) in [5, 5.41) is 0. The molecule has 1 saturated heterocycles. The van der Waals surface area contributed by atoms with Crippen LogP contribution in [0.25, 0.3) is 0 Å². The molecule has 0 spiro atoms. The Morgan fingerprint density at radius 2 is 2.17 bits per heavy atom. The Morgan fingerprint density at radius 3 is 2.88 bits per heavy atom. The van der Waals surface area contributed by atoms with Crippen molar-refractivity contribution in [3.8, 4) is 5.75 Å². The molecule has 1 aromatic heterocycles. The summed E-state index contributed by atoms with van der Waals surface area (Å²) < 4.78 is 11.0. The lowest BCUT2D eigenvalue weighted by atomic mass is 10.1. The van der Waals surface area contributed by atoms with E-state index >= 15 is 0 Å². The number of benzene rings is 1. The second-order valence-corrected chi connectivity index (χ2v) is 5.87. The van der Waals surface area contributed by atoms with Gasteiger partial charge in [0.2, 0.25) is 0 Å². The third kappa shape index (κ3) is 3.92. The van der Waals surface area contributed by atoms with Gasteiger partial charge in [-0.15, -0.1) is 0 Å². The standard InChI is InChI=1S/C19H22N2O3/c1-23-17-8-3-2-7-16(17)14-21(13-15-6-4-10-20-12-15)19(22)18-9-5-11-24-18/h2-4,6-8,10,12,18H,5,9,11,13-14H2,1H3/t18-/m0/s1. The van der Waals surface area contributed by atoms with E-state index in [-0.39, 0.29) is 12.0 Å². The second-order valence-electron chi connectivity index (χ2n) is 5.87. The molecule has 0 saturated carbocycles. The molecule has 126 valence electrons. The molecule has 24 heavy (non-hydrogen) atoms. The molecule has 0 N–H and O–H groups in total. The summed E-state index contributed by atoms with van der Waals surface area (Å²) in [4.78, 5) is 18.9. The Kier molecular flexibility index (Phi) is 5.43. The van der Waals surface area contributed by atoms with E-state index in [4.69, 9.17) is 9.47 Å². The third-order valence-corrected chi connectivity index (χ3v) is 4.17. The maximum absolute atomic E-state index is 12.9. The van der Waals surface area contributed by atoms with Crippen molar-refractivity contribution in [2.45, 2.75) is 32.0 Å². The van der Waals surface area contributed by atoms with Gasteiger partial charge in [-0.1, -0.05) is 24.3 Å². The lowest BCUT2D eigenvalue weighted by molar-refractivity contribution is -0.142. The van der Waals surface area contributed by atoms with Crippen LogP contribution < -0.4 is 4.74 Å². The molecule has 2 aromatic rings. The molecule has 5 heteroatoms. The average Bonchev–Trinajstić information content (AvgIpc) is 3.16. The van der Waals surface area contributed by atoms with Crippen LogP contribution in [0.1, 0.15) is 24.0 Å². The van der Waals surface area contributed by atoms with Crippen molar-refractivity contribution in [3.63, 3.8) is 0 Å². The summed E-state index contributed by atoms with van der Waals surface area (Å²) in [5.41, 5.74) is 1.98. The van der Waals surface area contributed by atoms with Crippen LogP contribution in [-0.2, 0) is 22.6 Å². The number of hydrogen-bond acceptors (Lipinski definition) is 4. The highest BCUT2D eigenvalue weighted by molar-refractivity contribution is 5.81. The van der Waals surface area contributed by atoms with Gasteiger partial charge in [0.05, 0.1) is 7.11 Å². The Balaban J connectivity index is 1.82. The number of pyridine rings is 1. The first kappa shape index (κ1) is 16.5. The van der Waals surface area contributed by atoms with E-state index in [1.165, 1.54) is 0 Å². The number of nitrogens with zero attached hydrogens (tertiary/aromatic N) is 2. The maximum atomic E-state index is 12.9. The first-order valence-electron chi connectivity index (χ1n) is 8.19. The molecular weight excluding hydrogens is 304 g/mol. The summed E-state index contributed by atoms with van der Waals surface area (Å²) in [6.45, 7) is 1.65. The smallest absolute Gasteiger partial charge is 0.252 e. The number of aromatic nitrogens is 1. The maximum Gasteiger partial charge on any atom is 0.252 e. The molecule has 0 unspecified atom stereocenters. The van der Waals surface area contributed by atoms with Crippen LogP contribution in [0.15, 0.2) is 48.8 Å². The number of hydrogen-bond donors (Lipinski definition) is 0. The van der Waals surface area contributed by atoms with E-state index in [1.54, 1.807) is 19.5 Å².